The molecule has 1 saturated heterocycles. The van der Waals surface area contributed by atoms with Gasteiger partial charge in [0.25, 0.3) is 0 Å². The van der Waals surface area contributed by atoms with E-state index in [0.29, 0.717) is 12.5 Å². The Bertz CT molecular complexity index is 523. The van der Waals surface area contributed by atoms with Crippen molar-refractivity contribution in [3.63, 3.8) is 0 Å². The van der Waals surface area contributed by atoms with Crippen molar-refractivity contribution >= 4 is 23.3 Å². The highest BCUT2D eigenvalue weighted by molar-refractivity contribution is 7.09. The van der Waals surface area contributed by atoms with Crippen LogP contribution in [0.5, 0.6) is 0 Å². The van der Waals surface area contributed by atoms with E-state index in [0.717, 1.165) is 13.5 Å². The smallest absolute Gasteiger partial charge is 0.345 e. The minimum absolute atomic E-state index is 0.0160. The zero-order valence-corrected chi connectivity index (χ0v) is 13.6. The number of rotatable bonds is 5. The van der Waals surface area contributed by atoms with Crippen LogP contribution in [0.1, 0.15) is 18.2 Å². The normalized spacial score (nSPS) is 22.4. The van der Waals surface area contributed by atoms with E-state index in [1.807, 2.05) is 11.4 Å². The molecule has 0 bridgehead atoms. The topological polar surface area (TPSA) is 58.6 Å². The van der Waals surface area contributed by atoms with E-state index in [1.165, 1.54) is 9.78 Å². The Morgan fingerprint density at radius 3 is 3.00 bits per heavy atom. The molecule has 0 radical (unpaired) electrons. The summed E-state index contributed by atoms with van der Waals surface area (Å²) < 4.78 is 18.7. The molecule has 0 saturated carbocycles. The predicted octanol–water partition coefficient (Wildman–Crippen LogP) is 2.22. The Balaban J connectivity index is 1.77. The summed E-state index contributed by atoms with van der Waals surface area (Å²) in [5.74, 6) is -0.616. The first-order chi connectivity index (χ1) is 10.4. The third-order valence-corrected chi connectivity index (χ3v) is 4.69. The fourth-order valence-corrected chi connectivity index (χ4v) is 3.38. The van der Waals surface area contributed by atoms with E-state index in [4.69, 9.17) is 0 Å². The number of alkyl halides is 1. The van der Waals surface area contributed by atoms with Crippen molar-refractivity contribution in [2.45, 2.75) is 25.4 Å². The maximum Gasteiger partial charge on any atom is 0.345 e. The Hall–Kier alpha value is -1.63. The molecule has 1 N–H and O–H groups in total. The second kappa shape index (κ2) is 7.09. The van der Waals surface area contributed by atoms with Crippen LogP contribution in [0.4, 0.5) is 9.18 Å². The molecule has 7 heteroatoms. The lowest BCUT2D eigenvalue weighted by atomic mass is 10.1. The first-order valence-electron chi connectivity index (χ1n) is 7.27. The number of hydrogen-bond acceptors (Lipinski definition) is 4. The van der Waals surface area contributed by atoms with Gasteiger partial charge in [0.1, 0.15) is 0 Å². The lowest BCUT2D eigenvalue weighted by Crippen LogP contribution is -2.44. The minimum Gasteiger partial charge on any atom is -0.467 e. The third-order valence-electron chi connectivity index (χ3n) is 3.79. The summed E-state index contributed by atoms with van der Waals surface area (Å²) in [6.07, 6.45) is 0.880. The highest BCUT2D eigenvalue weighted by atomic mass is 32.1. The first kappa shape index (κ1) is 16.7. The monoisotopic (exact) mass is 328 g/mol. The van der Waals surface area contributed by atoms with Crippen LogP contribution in [0.25, 0.3) is 0 Å². The summed E-state index contributed by atoms with van der Waals surface area (Å²) in [6, 6.07) is 3.74. The Morgan fingerprint density at radius 1 is 1.59 bits per heavy atom. The molecule has 2 amide bonds. The highest BCUT2D eigenvalue weighted by Crippen LogP contribution is 2.27. The predicted molar refractivity (Wildman–Crippen MR) is 82.6 cm³/mol. The van der Waals surface area contributed by atoms with Gasteiger partial charge in [-0.2, -0.15) is 0 Å². The first-order valence-corrected chi connectivity index (χ1v) is 8.15. The summed E-state index contributed by atoms with van der Waals surface area (Å²) in [5, 5.41) is 4.83. The van der Waals surface area contributed by atoms with Gasteiger partial charge in [-0.25, -0.2) is 14.0 Å². The standard InChI is InChI=1S/C15H21FN2O3S/c1-11(8-12-4-3-7-22-12)9-17-14(20)18-6-5-15(16,10-18)13(19)21-2/h3-4,7,11H,5-6,8-10H2,1-2H3,(H,17,20)/t11-,15+/m0/s1. The fraction of sp³-hybridized carbons (Fsp3) is 0.600. The summed E-state index contributed by atoms with van der Waals surface area (Å²) >= 11 is 1.69. The van der Waals surface area contributed by atoms with E-state index < -0.39 is 11.6 Å². The number of likely N-dealkylation sites (tertiary alicyclic amines) is 1. The highest BCUT2D eigenvalue weighted by Gasteiger charge is 2.47. The molecule has 2 atom stereocenters. The maximum atomic E-state index is 14.3. The number of esters is 1. The quantitative estimate of drug-likeness (QED) is 0.843. The van der Waals surface area contributed by atoms with Gasteiger partial charge in [0.2, 0.25) is 5.67 Å². The molecule has 1 fully saturated rings. The van der Waals surface area contributed by atoms with Gasteiger partial charge in [-0.15, -0.1) is 11.3 Å². The average molecular weight is 328 g/mol. The lowest BCUT2D eigenvalue weighted by Gasteiger charge is -2.20. The van der Waals surface area contributed by atoms with Crippen molar-refractivity contribution < 1.29 is 18.7 Å². The number of hydrogen-bond donors (Lipinski definition) is 1. The molecule has 0 aliphatic carbocycles. The Labute approximate surface area is 133 Å². The summed E-state index contributed by atoms with van der Waals surface area (Å²) in [4.78, 5) is 26.0. The molecule has 1 aliphatic heterocycles. The molecule has 0 aromatic carbocycles. The summed E-state index contributed by atoms with van der Waals surface area (Å²) in [5.41, 5.74) is -2.07. The van der Waals surface area contributed by atoms with Crippen LogP contribution in [0.2, 0.25) is 0 Å². The number of urea groups is 1. The lowest BCUT2D eigenvalue weighted by molar-refractivity contribution is -0.153. The molecular weight excluding hydrogens is 307 g/mol. The SMILES string of the molecule is COC(=O)[C@@]1(F)CCN(C(=O)NC[C@@H](C)Cc2cccs2)C1. The van der Waals surface area contributed by atoms with Gasteiger partial charge in [-0.3, -0.25) is 0 Å². The van der Waals surface area contributed by atoms with Crippen molar-refractivity contribution in [2.75, 3.05) is 26.7 Å². The van der Waals surface area contributed by atoms with Crippen LogP contribution in [-0.2, 0) is 16.0 Å². The van der Waals surface area contributed by atoms with Crippen molar-refractivity contribution in [1.82, 2.24) is 10.2 Å². The van der Waals surface area contributed by atoms with E-state index in [9.17, 15) is 14.0 Å². The average Bonchev–Trinajstić information content (AvgIpc) is 3.14. The number of nitrogens with one attached hydrogen (secondary N) is 1. The largest absolute Gasteiger partial charge is 0.467 e. The molecule has 1 aliphatic rings. The second-order valence-corrected chi connectivity index (χ2v) is 6.74. The zero-order chi connectivity index (χ0) is 16.2. The van der Waals surface area contributed by atoms with Crippen LogP contribution < -0.4 is 5.32 Å². The van der Waals surface area contributed by atoms with E-state index in [2.05, 4.69) is 23.0 Å². The number of nitrogens with zero attached hydrogens (tertiary/aromatic N) is 1. The summed E-state index contributed by atoms with van der Waals surface area (Å²) in [7, 11) is 1.15. The number of ether oxygens (including phenoxy) is 1. The molecule has 0 spiro atoms. The molecule has 122 valence electrons. The Morgan fingerprint density at radius 2 is 2.36 bits per heavy atom. The van der Waals surface area contributed by atoms with E-state index in [-0.39, 0.29) is 25.5 Å². The van der Waals surface area contributed by atoms with E-state index in [1.54, 1.807) is 11.3 Å². The fourth-order valence-electron chi connectivity index (χ4n) is 2.51. The van der Waals surface area contributed by atoms with Gasteiger partial charge in [-0.05, 0) is 23.8 Å². The number of amides is 2. The van der Waals surface area contributed by atoms with Gasteiger partial charge in [0.05, 0.1) is 13.7 Å². The van der Waals surface area contributed by atoms with Crippen molar-refractivity contribution in [1.29, 1.82) is 0 Å². The number of carbonyl (C=O) groups excluding carboxylic acids is 2. The third kappa shape index (κ3) is 3.97. The van der Waals surface area contributed by atoms with Crippen LogP contribution >= 0.6 is 11.3 Å². The number of carbonyl (C=O) groups is 2. The Kier molecular flexibility index (Phi) is 5.39. The van der Waals surface area contributed by atoms with Gasteiger partial charge in [0, 0.05) is 24.4 Å². The summed E-state index contributed by atoms with van der Waals surface area (Å²) in [6.45, 7) is 2.55. The van der Waals surface area contributed by atoms with Crippen LogP contribution in [-0.4, -0.2) is 49.3 Å². The van der Waals surface area contributed by atoms with Crippen LogP contribution in [0, 0.1) is 5.92 Å². The van der Waals surface area contributed by atoms with E-state index >= 15 is 0 Å². The molecule has 5 nitrogen and oxygen atoms in total. The van der Waals surface area contributed by atoms with Crippen LogP contribution in [0.15, 0.2) is 17.5 Å². The van der Waals surface area contributed by atoms with Crippen molar-refractivity contribution in [3.8, 4) is 0 Å². The van der Waals surface area contributed by atoms with Crippen LogP contribution in [0.3, 0.4) is 0 Å². The number of halogens is 1. The van der Waals surface area contributed by atoms with Gasteiger partial charge in [-0.1, -0.05) is 13.0 Å². The number of methoxy groups -OCH3 is 1. The van der Waals surface area contributed by atoms with Gasteiger partial charge >= 0.3 is 12.0 Å². The molecule has 0 unspecified atom stereocenters. The van der Waals surface area contributed by atoms with Crippen molar-refractivity contribution in [2.24, 2.45) is 5.92 Å². The maximum absolute atomic E-state index is 14.3. The number of thiophene rings is 1. The van der Waals surface area contributed by atoms with Gasteiger partial charge in [0.15, 0.2) is 0 Å². The molecule has 2 heterocycles. The molecular formula is C15H21FN2O3S. The molecule has 2 rings (SSSR count). The van der Waals surface area contributed by atoms with Crippen molar-refractivity contribution in [3.05, 3.63) is 22.4 Å². The molecule has 22 heavy (non-hydrogen) atoms. The minimum atomic E-state index is -2.07. The van der Waals surface area contributed by atoms with Gasteiger partial charge < -0.3 is 15.0 Å². The zero-order valence-electron chi connectivity index (χ0n) is 12.8. The molecule has 1 aromatic heterocycles. The molecule has 1 aromatic rings. The second-order valence-electron chi connectivity index (χ2n) is 5.70.